The fourth-order valence-corrected chi connectivity index (χ4v) is 2.19. The van der Waals surface area contributed by atoms with E-state index in [1.807, 2.05) is 0 Å². The van der Waals surface area contributed by atoms with Crippen LogP contribution in [0.4, 0.5) is 0 Å². The lowest BCUT2D eigenvalue weighted by molar-refractivity contribution is -0.122. The van der Waals surface area contributed by atoms with Crippen molar-refractivity contribution in [3.8, 4) is 0 Å². The van der Waals surface area contributed by atoms with E-state index in [-0.39, 0.29) is 11.8 Å². The Morgan fingerprint density at radius 2 is 2.50 bits per heavy atom. The number of nitrogens with one attached hydrogen (secondary N) is 1. The fourth-order valence-electron chi connectivity index (χ4n) is 2.19. The second-order valence-electron chi connectivity index (χ2n) is 3.59. The molecule has 0 aromatic carbocycles. The molecule has 1 aliphatic carbocycles. The molecule has 0 spiro atoms. The number of hydrogen-bond donors (Lipinski definition) is 2. The van der Waals surface area contributed by atoms with Gasteiger partial charge in [0.25, 0.3) is 0 Å². The summed E-state index contributed by atoms with van der Waals surface area (Å²) in [6.07, 6.45) is 5.66. The number of fused-ring (bicyclic) bond motifs is 1. The lowest BCUT2D eigenvalue weighted by atomic mass is 9.85. The van der Waals surface area contributed by atoms with Crippen molar-refractivity contribution in [3.63, 3.8) is 0 Å². The second-order valence-corrected chi connectivity index (χ2v) is 3.59. The monoisotopic (exact) mass is 166 g/mol. The molecule has 1 aliphatic heterocycles. The van der Waals surface area contributed by atoms with Gasteiger partial charge in [0.05, 0.1) is 5.92 Å². The third kappa shape index (κ3) is 1.09. The van der Waals surface area contributed by atoms with Gasteiger partial charge in [0.2, 0.25) is 5.91 Å². The van der Waals surface area contributed by atoms with Crippen LogP contribution in [-0.4, -0.2) is 12.5 Å². The first-order valence-electron chi connectivity index (χ1n) is 4.52. The Kier molecular flexibility index (Phi) is 1.79. The van der Waals surface area contributed by atoms with E-state index in [4.69, 9.17) is 5.73 Å². The van der Waals surface area contributed by atoms with E-state index in [9.17, 15) is 4.79 Å². The van der Waals surface area contributed by atoms with Crippen molar-refractivity contribution in [3.05, 3.63) is 11.8 Å². The standard InChI is InChI=1S/C9H14N2O/c10-9(12)7-5-11-8-4-2-1-3-6(7)8/h4,6-7,11H,1-3,5H2,(H2,10,12). The lowest BCUT2D eigenvalue weighted by Crippen LogP contribution is -2.29. The highest BCUT2D eigenvalue weighted by Gasteiger charge is 2.35. The molecule has 1 fully saturated rings. The topological polar surface area (TPSA) is 55.1 Å². The summed E-state index contributed by atoms with van der Waals surface area (Å²) in [7, 11) is 0. The number of amides is 1. The SMILES string of the molecule is NC(=O)C1CNC2=CCCCC21. The second kappa shape index (κ2) is 2.81. The van der Waals surface area contributed by atoms with Crippen LogP contribution in [0.5, 0.6) is 0 Å². The number of hydrogen-bond acceptors (Lipinski definition) is 2. The van der Waals surface area contributed by atoms with E-state index in [1.54, 1.807) is 0 Å². The van der Waals surface area contributed by atoms with Gasteiger partial charge in [-0.15, -0.1) is 0 Å². The molecule has 1 heterocycles. The van der Waals surface area contributed by atoms with E-state index in [0.29, 0.717) is 5.92 Å². The third-order valence-electron chi connectivity index (χ3n) is 2.86. The minimum atomic E-state index is -0.155. The molecule has 66 valence electrons. The molecular formula is C9H14N2O. The predicted octanol–water partition coefficient (Wildman–Crippen LogP) is 0.375. The molecule has 2 atom stereocenters. The van der Waals surface area contributed by atoms with Gasteiger partial charge in [0.15, 0.2) is 0 Å². The Morgan fingerprint density at radius 3 is 3.25 bits per heavy atom. The molecule has 12 heavy (non-hydrogen) atoms. The molecule has 0 radical (unpaired) electrons. The van der Waals surface area contributed by atoms with Gasteiger partial charge in [-0.05, 0) is 19.3 Å². The van der Waals surface area contributed by atoms with Crippen molar-refractivity contribution in [2.75, 3.05) is 6.54 Å². The molecule has 3 N–H and O–H groups in total. The van der Waals surface area contributed by atoms with Crippen LogP contribution in [0.3, 0.4) is 0 Å². The van der Waals surface area contributed by atoms with Gasteiger partial charge in [0.1, 0.15) is 0 Å². The maximum Gasteiger partial charge on any atom is 0.222 e. The zero-order valence-corrected chi connectivity index (χ0v) is 7.05. The fraction of sp³-hybridized carbons (Fsp3) is 0.667. The van der Waals surface area contributed by atoms with Crippen LogP contribution in [0.1, 0.15) is 19.3 Å². The highest BCUT2D eigenvalue weighted by atomic mass is 16.1. The first kappa shape index (κ1) is 7.65. The maximum absolute atomic E-state index is 11.0. The van der Waals surface area contributed by atoms with Gasteiger partial charge in [-0.1, -0.05) is 6.08 Å². The summed E-state index contributed by atoms with van der Waals surface area (Å²) in [5.41, 5.74) is 6.55. The van der Waals surface area contributed by atoms with E-state index < -0.39 is 0 Å². The van der Waals surface area contributed by atoms with Crippen LogP contribution < -0.4 is 11.1 Å². The molecule has 2 aliphatic rings. The Labute approximate surface area is 72.0 Å². The molecule has 1 amide bonds. The first-order chi connectivity index (χ1) is 5.79. The van der Waals surface area contributed by atoms with E-state index in [0.717, 1.165) is 19.4 Å². The minimum Gasteiger partial charge on any atom is -0.388 e. The molecule has 3 nitrogen and oxygen atoms in total. The van der Waals surface area contributed by atoms with Crippen molar-refractivity contribution in [2.45, 2.75) is 19.3 Å². The average molecular weight is 166 g/mol. The van der Waals surface area contributed by atoms with E-state index in [1.165, 1.54) is 12.1 Å². The number of allylic oxidation sites excluding steroid dienone is 2. The van der Waals surface area contributed by atoms with E-state index >= 15 is 0 Å². The third-order valence-corrected chi connectivity index (χ3v) is 2.86. The van der Waals surface area contributed by atoms with Crippen LogP contribution in [0.25, 0.3) is 0 Å². The molecule has 0 saturated carbocycles. The summed E-state index contributed by atoms with van der Waals surface area (Å²) in [5.74, 6) is 0.283. The molecule has 0 bridgehead atoms. The molecule has 1 saturated heterocycles. The van der Waals surface area contributed by atoms with Gasteiger partial charge in [-0.25, -0.2) is 0 Å². The summed E-state index contributed by atoms with van der Waals surface area (Å²) < 4.78 is 0. The van der Waals surface area contributed by atoms with Crippen molar-refractivity contribution in [1.82, 2.24) is 5.32 Å². The highest BCUT2D eigenvalue weighted by molar-refractivity contribution is 5.78. The zero-order chi connectivity index (χ0) is 8.55. The number of primary amides is 1. The zero-order valence-electron chi connectivity index (χ0n) is 7.05. The molecule has 0 aromatic rings. The Hall–Kier alpha value is -0.990. The Balaban J connectivity index is 2.17. The first-order valence-corrected chi connectivity index (χ1v) is 4.52. The summed E-state index contributed by atoms with van der Waals surface area (Å²) in [6, 6.07) is 0. The predicted molar refractivity (Wildman–Crippen MR) is 46.1 cm³/mol. The molecule has 3 heteroatoms. The largest absolute Gasteiger partial charge is 0.388 e. The smallest absolute Gasteiger partial charge is 0.222 e. The van der Waals surface area contributed by atoms with Gasteiger partial charge in [-0.2, -0.15) is 0 Å². The summed E-state index contributed by atoms with van der Waals surface area (Å²) in [5, 5.41) is 3.25. The van der Waals surface area contributed by atoms with Crippen LogP contribution >= 0.6 is 0 Å². The van der Waals surface area contributed by atoms with Crippen molar-refractivity contribution >= 4 is 5.91 Å². The summed E-state index contributed by atoms with van der Waals surface area (Å²) in [4.78, 5) is 11.0. The van der Waals surface area contributed by atoms with E-state index in [2.05, 4.69) is 11.4 Å². The van der Waals surface area contributed by atoms with Gasteiger partial charge in [-0.3, -0.25) is 4.79 Å². The molecule has 0 aromatic heterocycles. The maximum atomic E-state index is 11.0. The molecule has 2 unspecified atom stereocenters. The van der Waals surface area contributed by atoms with Crippen molar-refractivity contribution in [2.24, 2.45) is 17.6 Å². The number of carbonyl (C=O) groups excluding carboxylic acids is 1. The van der Waals surface area contributed by atoms with Gasteiger partial charge < -0.3 is 11.1 Å². The lowest BCUT2D eigenvalue weighted by Gasteiger charge is -2.19. The van der Waals surface area contributed by atoms with Gasteiger partial charge in [0, 0.05) is 18.2 Å². The summed E-state index contributed by atoms with van der Waals surface area (Å²) >= 11 is 0. The number of rotatable bonds is 1. The Morgan fingerprint density at radius 1 is 1.67 bits per heavy atom. The number of nitrogens with two attached hydrogens (primary N) is 1. The Bertz CT molecular complexity index is 235. The van der Waals surface area contributed by atoms with Crippen molar-refractivity contribution < 1.29 is 4.79 Å². The van der Waals surface area contributed by atoms with Crippen LogP contribution in [0.2, 0.25) is 0 Å². The van der Waals surface area contributed by atoms with Crippen molar-refractivity contribution in [1.29, 1.82) is 0 Å². The minimum absolute atomic E-state index is 0.0385. The van der Waals surface area contributed by atoms with Crippen LogP contribution in [-0.2, 0) is 4.79 Å². The normalized spacial score (nSPS) is 33.5. The average Bonchev–Trinajstić information content (AvgIpc) is 2.47. The highest BCUT2D eigenvalue weighted by Crippen LogP contribution is 2.33. The molecule has 2 rings (SSSR count). The summed E-state index contributed by atoms with van der Waals surface area (Å²) in [6.45, 7) is 0.742. The quantitative estimate of drug-likeness (QED) is 0.591. The van der Waals surface area contributed by atoms with Gasteiger partial charge >= 0.3 is 0 Å². The van der Waals surface area contributed by atoms with Crippen LogP contribution in [0.15, 0.2) is 11.8 Å². The molecular weight excluding hydrogens is 152 g/mol. The van der Waals surface area contributed by atoms with Crippen LogP contribution in [0, 0.1) is 11.8 Å². The number of carbonyl (C=O) groups is 1.